The van der Waals surface area contributed by atoms with Crippen LogP contribution in [-0.4, -0.2) is 23.4 Å². The van der Waals surface area contributed by atoms with Crippen LogP contribution in [0.4, 0.5) is 0 Å². The topological polar surface area (TPSA) is 58.9 Å². The molecule has 0 radical (unpaired) electrons. The van der Waals surface area contributed by atoms with Gasteiger partial charge in [0.2, 0.25) is 6.61 Å². The third kappa shape index (κ3) is 4.12. The fraction of sp³-hybridized carbons (Fsp3) is 0.200. The molecule has 0 heterocycles. The highest BCUT2D eigenvalue weighted by atomic mass is 79.9. The van der Waals surface area contributed by atoms with E-state index >= 15 is 0 Å². The van der Waals surface area contributed by atoms with E-state index in [9.17, 15) is 4.79 Å². The summed E-state index contributed by atoms with van der Waals surface area (Å²) in [6.07, 6.45) is 0. The summed E-state index contributed by atoms with van der Waals surface area (Å²) in [6.45, 7) is 1.33. The van der Waals surface area contributed by atoms with Crippen molar-refractivity contribution >= 4 is 27.6 Å². The molecule has 0 bridgehead atoms. The number of carboxylic acid groups (broad SMARTS) is 1. The number of hydrogen-bond acceptors (Lipinski definition) is 3. The molecule has 0 saturated heterocycles. The van der Waals surface area contributed by atoms with Crippen molar-refractivity contribution in [2.24, 2.45) is 5.16 Å². The van der Waals surface area contributed by atoms with E-state index in [2.05, 4.69) is 25.9 Å². The Balaban J connectivity index is 2.67. The van der Waals surface area contributed by atoms with Gasteiger partial charge in [-0.1, -0.05) is 33.2 Å². The van der Waals surface area contributed by atoms with Crippen molar-refractivity contribution in [1.29, 1.82) is 0 Å². The molecule has 0 fully saturated rings. The van der Waals surface area contributed by atoms with Gasteiger partial charge in [-0.25, -0.2) is 4.79 Å². The molecule has 15 heavy (non-hydrogen) atoms. The molecule has 0 amide bonds. The molecule has 4 nitrogen and oxygen atoms in total. The third-order valence-electron chi connectivity index (χ3n) is 1.63. The van der Waals surface area contributed by atoms with E-state index in [1.807, 2.05) is 24.3 Å². The summed E-state index contributed by atoms with van der Waals surface area (Å²) in [5, 5.41) is 12.0. The smallest absolute Gasteiger partial charge is 0.344 e. The number of carbonyl (C=O) groups is 1. The Bertz CT molecular complexity index is 390. The van der Waals surface area contributed by atoms with Gasteiger partial charge in [0.1, 0.15) is 0 Å². The van der Waals surface area contributed by atoms with E-state index < -0.39 is 12.6 Å². The lowest BCUT2D eigenvalue weighted by Gasteiger charge is -2.01. The van der Waals surface area contributed by atoms with Crippen molar-refractivity contribution in [2.75, 3.05) is 6.61 Å². The van der Waals surface area contributed by atoms with Crippen LogP contribution in [0, 0.1) is 0 Å². The minimum atomic E-state index is -1.04. The molecule has 0 spiro atoms. The zero-order chi connectivity index (χ0) is 11.3. The van der Waals surface area contributed by atoms with Gasteiger partial charge in [-0.05, 0) is 19.1 Å². The average Bonchev–Trinajstić information content (AvgIpc) is 2.17. The molecule has 0 aliphatic heterocycles. The number of oxime groups is 1. The first-order valence-corrected chi connectivity index (χ1v) is 5.03. The molecule has 0 aromatic heterocycles. The minimum absolute atomic E-state index is 0.425. The predicted octanol–water partition coefficient (Wildman–Crippen LogP) is 2.27. The zero-order valence-corrected chi connectivity index (χ0v) is 9.69. The van der Waals surface area contributed by atoms with Gasteiger partial charge < -0.3 is 9.94 Å². The SMILES string of the molecule is CC(=NOCC(=O)O)c1cccc(Br)c1. The largest absolute Gasteiger partial charge is 0.479 e. The molecule has 5 heteroatoms. The van der Waals surface area contributed by atoms with Crippen molar-refractivity contribution in [3.05, 3.63) is 34.3 Å². The first kappa shape index (κ1) is 11.7. The lowest BCUT2D eigenvalue weighted by atomic mass is 10.1. The highest BCUT2D eigenvalue weighted by Crippen LogP contribution is 2.12. The number of nitrogens with zero attached hydrogens (tertiary/aromatic N) is 1. The molecule has 80 valence electrons. The zero-order valence-electron chi connectivity index (χ0n) is 8.11. The fourth-order valence-electron chi connectivity index (χ4n) is 0.951. The molecule has 0 aliphatic rings. The highest BCUT2D eigenvalue weighted by molar-refractivity contribution is 9.10. The third-order valence-corrected chi connectivity index (χ3v) is 2.13. The fourth-order valence-corrected chi connectivity index (χ4v) is 1.35. The lowest BCUT2D eigenvalue weighted by molar-refractivity contribution is -0.142. The molecule has 1 aromatic carbocycles. The van der Waals surface area contributed by atoms with Crippen LogP contribution >= 0.6 is 15.9 Å². The maximum atomic E-state index is 10.2. The van der Waals surface area contributed by atoms with E-state index in [1.54, 1.807) is 6.92 Å². The molecule has 0 unspecified atom stereocenters. The lowest BCUT2D eigenvalue weighted by Crippen LogP contribution is -2.05. The highest BCUT2D eigenvalue weighted by Gasteiger charge is 2.00. The standard InChI is InChI=1S/C10H10BrNO3/c1-7(12-15-6-10(13)14)8-3-2-4-9(11)5-8/h2-5H,6H2,1H3,(H,13,14). The van der Waals surface area contributed by atoms with Crippen molar-refractivity contribution in [2.45, 2.75) is 6.92 Å². The van der Waals surface area contributed by atoms with Crippen LogP contribution in [0.1, 0.15) is 12.5 Å². The Morgan fingerprint density at radius 1 is 1.60 bits per heavy atom. The Kier molecular flexibility index (Phi) is 4.30. The maximum absolute atomic E-state index is 10.2. The van der Waals surface area contributed by atoms with Crippen LogP contribution in [-0.2, 0) is 9.63 Å². The summed E-state index contributed by atoms with van der Waals surface area (Å²) < 4.78 is 0.938. The van der Waals surface area contributed by atoms with Crippen LogP contribution < -0.4 is 0 Å². The number of halogens is 1. The predicted molar refractivity (Wildman–Crippen MR) is 59.9 cm³/mol. The molecular weight excluding hydrogens is 262 g/mol. The molecule has 1 rings (SSSR count). The summed E-state index contributed by atoms with van der Waals surface area (Å²) in [6, 6.07) is 7.52. The van der Waals surface area contributed by atoms with Gasteiger partial charge in [-0.15, -0.1) is 0 Å². The summed E-state index contributed by atoms with van der Waals surface area (Å²) in [7, 11) is 0. The van der Waals surface area contributed by atoms with Crippen molar-refractivity contribution < 1.29 is 14.7 Å². The second kappa shape index (κ2) is 5.50. The van der Waals surface area contributed by atoms with Gasteiger partial charge in [0.25, 0.3) is 0 Å². The average molecular weight is 272 g/mol. The molecule has 1 N–H and O–H groups in total. The summed E-state index contributed by atoms with van der Waals surface area (Å²) in [5.74, 6) is -1.04. The molecule has 0 aliphatic carbocycles. The van der Waals surface area contributed by atoms with Crippen LogP contribution in [0.5, 0.6) is 0 Å². The monoisotopic (exact) mass is 271 g/mol. The first-order valence-electron chi connectivity index (χ1n) is 4.24. The number of benzene rings is 1. The van der Waals surface area contributed by atoms with E-state index in [4.69, 9.17) is 5.11 Å². The normalized spacial score (nSPS) is 11.2. The molecular formula is C10H10BrNO3. The Hall–Kier alpha value is -1.36. The van der Waals surface area contributed by atoms with Gasteiger partial charge in [0, 0.05) is 10.0 Å². The molecule has 0 saturated carbocycles. The van der Waals surface area contributed by atoms with Crippen LogP contribution in [0.25, 0.3) is 0 Å². The Morgan fingerprint density at radius 3 is 2.93 bits per heavy atom. The van der Waals surface area contributed by atoms with Gasteiger partial charge in [-0.2, -0.15) is 0 Å². The van der Waals surface area contributed by atoms with E-state index in [0.717, 1.165) is 10.0 Å². The van der Waals surface area contributed by atoms with Crippen molar-refractivity contribution in [3.63, 3.8) is 0 Å². The summed E-state index contributed by atoms with van der Waals surface area (Å²) >= 11 is 3.33. The Morgan fingerprint density at radius 2 is 2.33 bits per heavy atom. The van der Waals surface area contributed by atoms with Crippen LogP contribution in [0.3, 0.4) is 0 Å². The van der Waals surface area contributed by atoms with Gasteiger partial charge in [0.05, 0.1) is 5.71 Å². The van der Waals surface area contributed by atoms with Crippen molar-refractivity contribution in [1.82, 2.24) is 0 Å². The second-order valence-corrected chi connectivity index (χ2v) is 3.77. The van der Waals surface area contributed by atoms with Gasteiger partial charge in [0.15, 0.2) is 0 Å². The molecule has 1 aromatic rings. The first-order chi connectivity index (χ1) is 7.09. The summed E-state index contributed by atoms with van der Waals surface area (Å²) in [4.78, 5) is 14.8. The van der Waals surface area contributed by atoms with Crippen LogP contribution in [0.2, 0.25) is 0 Å². The Labute approximate surface area is 95.7 Å². The van der Waals surface area contributed by atoms with E-state index in [0.29, 0.717) is 5.71 Å². The minimum Gasteiger partial charge on any atom is -0.479 e. The second-order valence-electron chi connectivity index (χ2n) is 2.85. The van der Waals surface area contributed by atoms with Crippen molar-refractivity contribution in [3.8, 4) is 0 Å². The summed E-state index contributed by atoms with van der Waals surface area (Å²) in [5.41, 5.74) is 1.52. The number of rotatable bonds is 4. The number of hydrogen-bond donors (Lipinski definition) is 1. The number of carboxylic acids is 1. The van der Waals surface area contributed by atoms with E-state index in [-0.39, 0.29) is 0 Å². The van der Waals surface area contributed by atoms with Gasteiger partial charge in [-0.3, -0.25) is 0 Å². The quantitative estimate of drug-likeness (QED) is 0.675. The van der Waals surface area contributed by atoms with Gasteiger partial charge >= 0.3 is 5.97 Å². The van der Waals surface area contributed by atoms with Crippen LogP contribution in [0.15, 0.2) is 33.9 Å². The van der Waals surface area contributed by atoms with E-state index in [1.165, 1.54) is 0 Å². The number of aliphatic carboxylic acids is 1. The maximum Gasteiger partial charge on any atom is 0.344 e. The molecule has 0 atom stereocenters.